The summed E-state index contributed by atoms with van der Waals surface area (Å²) in [6, 6.07) is 5.61. The van der Waals surface area contributed by atoms with E-state index in [0.717, 1.165) is 59.9 Å². The molecule has 1 amide bonds. The Morgan fingerprint density at radius 1 is 1.25 bits per heavy atom. The van der Waals surface area contributed by atoms with E-state index in [4.69, 9.17) is 14.5 Å². The molecule has 1 aliphatic rings. The van der Waals surface area contributed by atoms with Crippen molar-refractivity contribution in [1.82, 2.24) is 14.9 Å². The zero-order valence-corrected chi connectivity index (χ0v) is 17.2. The molecule has 0 atom stereocenters. The lowest BCUT2D eigenvalue weighted by Gasteiger charge is -2.33. The highest BCUT2D eigenvalue weighted by molar-refractivity contribution is 5.95. The monoisotopic (exact) mass is 383 g/mol. The van der Waals surface area contributed by atoms with Gasteiger partial charge in [-0.15, -0.1) is 0 Å². The fourth-order valence-electron chi connectivity index (χ4n) is 3.72. The maximum Gasteiger partial charge on any atom is 0.254 e. The molecule has 2 aromatic rings. The van der Waals surface area contributed by atoms with Gasteiger partial charge in [0.1, 0.15) is 11.6 Å². The van der Waals surface area contributed by atoms with E-state index in [1.165, 1.54) is 0 Å². The summed E-state index contributed by atoms with van der Waals surface area (Å²) >= 11 is 0. The molecular weight excluding hydrogens is 354 g/mol. The van der Waals surface area contributed by atoms with Crippen molar-refractivity contribution in [3.05, 3.63) is 52.6 Å². The van der Waals surface area contributed by atoms with E-state index in [9.17, 15) is 4.79 Å². The van der Waals surface area contributed by atoms with Gasteiger partial charge in [0.15, 0.2) is 0 Å². The van der Waals surface area contributed by atoms with Crippen LogP contribution >= 0.6 is 0 Å². The second kappa shape index (κ2) is 9.15. The second-order valence-corrected chi connectivity index (χ2v) is 7.21. The van der Waals surface area contributed by atoms with Crippen molar-refractivity contribution < 1.29 is 14.3 Å². The number of carbonyl (C=O) groups excluding carboxylic acids is 1. The first kappa shape index (κ1) is 20.3. The molecule has 6 nitrogen and oxygen atoms in total. The number of hydrogen-bond donors (Lipinski definition) is 0. The van der Waals surface area contributed by atoms with Gasteiger partial charge >= 0.3 is 0 Å². The molecule has 0 saturated carbocycles. The van der Waals surface area contributed by atoms with Crippen molar-refractivity contribution in [3.8, 4) is 5.75 Å². The van der Waals surface area contributed by atoms with Crippen LogP contribution in [-0.4, -0.2) is 47.6 Å². The number of piperidine rings is 1. The molecule has 3 rings (SSSR count). The number of carbonyl (C=O) groups is 1. The minimum Gasteiger partial charge on any atom is -0.497 e. The van der Waals surface area contributed by atoms with Crippen molar-refractivity contribution in [2.75, 3.05) is 26.8 Å². The number of nitrogens with zero attached hydrogens (tertiary/aromatic N) is 3. The molecule has 150 valence electrons. The van der Waals surface area contributed by atoms with Crippen molar-refractivity contribution in [1.29, 1.82) is 0 Å². The van der Waals surface area contributed by atoms with Crippen molar-refractivity contribution >= 4 is 5.91 Å². The number of rotatable bonds is 6. The summed E-state index contributed by atoms with van der Waals surface area (Å²) in [5.74, 6) is 1.97. The molecule has 1 aromatic carbocycles. The highest BCUT2D eigenvalue weighted by Crippen LogP contribution is 2.30. The minimum absolute atomic E-state index is 0.0898. The number of methoxy groups -OCH3 is 1. The highest BCUT2D eigenvalue weighted by atomic mass is 16.5. The predicted octanol–water partition coefficient (Wildman–Crippen LogP) is 3.66. The first-order valence-corrected chi connectivity index (χ1v) is 9.87. The van der Waals surface area contributed by atoms with E-state index in [-0.39, 0.29) is 5.91 Å². The summed E-state index contributed by atoms with van der Waals surface area (Å²) < 4.78 is 10.8. The number of likely N-dealkylation sites (tertiary alicyclic amines) is 1. The molecule has 1 saturated heterocycles. The average molecular weight is 383 g/mol. The SMILES string of the molecule is CCOCc1cnc(C)nc1C1CCN(C(=O)c2ccc(OC)cc2C)CC1. The Kier molecular flexibility index (Phi) is 6.62. The van der Waals surface area contributed by atoms with Crippen LogP contribution < -0.4 is 4.74 Å². The van der Waals surface area contributed by atoms with Gasteiger partial charge < -0.3 is 14.4 Å². The predicted molar refractivity (Wildman–Crippen MR) is 108 cm³/mol. The largest absolute Gasteiger partial charge is 0.497 e. The molecule has 0 radical (unpaired) electrons. The lowest BCUT2D eigenvalue weighted by atomic mass is 9.90. The van der Waals surface area contributed by atoms with Crippen LogP contribution in [0, 0.1) is 13.8 Å². The lowest BCUT2D eigenvalue weighted by Crippen LogP contribution is -2.38. The van der Waals surface area contributed by atoms with E-state index in [1.54, 1.807) is 7.11 Å². The van der Waals surface area contributed by atoms with Crippen LogP contribution in [0.1, 0.15) is 58.7 Å². The standard InChI is InChI=1S/C22H29N3O3/c1-5-28-14-18-13-23-16(3)24-21(18)17-8-10-25(11-9-17)22(26)20-7-6-19(27-4)12-15(20)2/h6-7,12-13,17H,5,8-11,14H2,1-4H3. The Labute approximate surface area is 166 Å². The number of ether oxygens (including phenoxy) is 2. The van der Waals surface area contributed by atoms with E-state index in [2.05, 4.69) is 4.98 Å². The van der Waals surface area contributed by atoms with Crippen LogP contribution in [0.5, 0.6) is 5.75 Å². The van der Waals surface area contributed by atoms with Gasteiger partial charge in [-0.25, -0.2) is 9.97 Å². The summed E-state index contributed by atoms with van der Waals surface area (Å²) in [5.41, 5.74) is 3.82. The average Bonchev–Trinajstić information content (AvgIpc) is 2.72. The number of benzene rings is 1. The lowest BCUT2D eigenvalue weighted by molar-refractivity contribution is 0.0709. The molecule has 1 aliphatic heterocycles. The van der Waals surface area contributed by atoms with Crippen LogP contribution in [0.15, 0.2) is 24.4 Å². The van der Waals surface area contributed by atoms with Gasteiger partial charge in [-0.05, 0) is 57.4 Å². The molecule has 1 fully saturated rings. The Bertz CT molecular complexity index is 830. The minimum atomic E-state index is 0.0898. The van der Waals surface area contributed by atoms with E-state index < -0.39 is 0 Å². The summed E-state index contributed by atoms with van der Waals surface area (Å²) in [4.78, 5) is 23.9. The Morgan fingerprint density at radius 3 is 2.64 bits per heavy atom. The third-order valence-electron chi connectivity index (χ3n) is 5.31. The topological polar surface area (TPSA) is 64.6 Å². The van der Waals surface area contributed by atoms with Crippen LogP contribution in [0.4, 0.5) is 0 Å². The maximum absolute atomic E-state index is 13.0. The van der Waals surface area contributed by atoms with Gasteiger partial charge in [0.05, 0.1) is 19.4 Å². The van der Waals surface area contributed by atoms with E-state index in [1.807, 2.05) is 50.1 Å². The van der Waals surface area contributed by atoms with Crippen molar-refractivity contribution in [3.63, 3.8) is 0 Å². The molecule has 0 spiro atoms. The zero-order valence-electron chi connectivity index (χ0n) is 17.2. The number of aromatic nitrogens is 2. The maximum atomic E-state index is 13.0. The first-order chi connectivity index (χ1) is 13.5. The third-order valence-corrected chi connectivity index (χ3v) is 5.31. The first-order valence-electron chi connectivity index (χ1n) is 9.87. The second-order valence-electron chi connectivity index (χ2n) is 7.21. The third kappa shape index (κ3) is 4.50. The molecule has 0 unspecified atom stereocenters. The van der Waals surface area contributed by atoms with Crippen LogP contribution in [0.2, 0.25) is 0 Å². The summed E-state index contributed by atoms with van der Waals surface area (Å²) in [6.45, 7) is 8.52. The number of amides is 1. The smallest absolute Gasteiger partial charge is 0.254 e. The van der Waals surface area contributed by atoms with Gasteiger partial charge in [-0.1, -0.05) is 0 Å². The summed E-state index contributed by atoms with van der Waals surface area (Å²) in [6.07, 6.45) is 3.68. The zero-order chi connectivity index (χ0) is 20.1. The molecule has 6 heteroatoms. The van der Waals surface area contributed by atoms with Gasteiger partial charge in [0, 0.05) is 42.9 Å². The van der Waals surface area contributed by atoms with Crippen molar-refractivity contribution in [2.24, 2.45) is 0 Å². The van der Waals surface area contributed by atoms with E-state index >= 15 is 0 Å². The Balaban J connectivity index is 1.69. The van der Waals surface area contributed by atoms with Gasteiger partial charge in [-0.3, -0.25) is 4.79 Å². The molecular formula is C22H29N3O3. The normalized spacial score (nSPS) is 14.9. The summed E-state index contributed by atoms with van der Waals surface area (Å²) in [7, 11) is 1.63. The molecule has 28 heavy (non-hydrogen) atoms. The molecule has 2 heterocycles. The van der Waals surface area contributed by atoms with Crippen LogP contribution in [-0.2, 0) is 11.3 Å². The molecule has 0 aliphatic carbocycles. The van der Waals surface area contributed by atoms with Crippen LogP contribution in [0.25, 0.3) is 0 Å². The molecule has 0 bridgehead atoms. The quantitative estimate of drug-likeness (QED) is 0.762. The van der Waals surface area contributed by atoms with E-state index in [0.29, 0.717) is 19.1 Å². The Morgan fingerprint density at radius 2 is 2.00 bits per heavy atom. The van der Waals surface area contributed by atoms with Gasteiger partial charge in [0.25, 0.3) is 5.91 Å². The van der Waals surface area contributed by atoms with Crippen LogP contribution in [0.3, 0.4) is 0 Å². The fourth-order valence-corrected chi connectivity index (χ4v) is 3.72. The Hall–Kier alpha value is -2.47. The fraction of sp³-hybridized carbons (Fsp3) is 0.500. The van der Waals surface area contributed by atoms with Gasteiger partial charge in [0.2, 0.25) is 0 Å². The van der Waals surface area contributed by atoms with Crippen molar-refractivity contribution in [2.45, 2.75) is 46.1 Å². The van der Waals surface area contributed by atoms with Gasteiger partial charge in [-0.2, -0.15) is 0 Å². The number of aryl methyl sites for hydroxylation is 2. The number of hydrogen-bond acceptors (Lipinski definition) is 5. The molecule has 1 aromatic heterocycles. The highest BCUT2D eigenvalue weighted by Gasteiger charge is 2.27. The molecule has 0 N–H and O–H groups in total. The summed E-state index contributed by atoms with van der Waals surface area (Å²) in [5, 5.41) is 0.